The van der Waals surface area contributed by atoms with Gasteiger partial charge in [-0.3, -0.25) is 4.79 Å². The molecule has 0 radical (unpaired) electrons. The van der Waals surface area contributed by atoms with Crippen LogP contribution < -0.4 is 0 Å². The molecule has 1 rings (SSSR count). The minimum absolute atomic E-state index is 0.0134. The summed E-state index contributed by atoms with van der Waals surface area (Å²) in [5.74, 6) is -3.39. The van der Waals surface area contributed by atoms with Gasteiger partial charge in [-0.1, -0.05) is 29.8 Å². The molecule has 0 spiro atoms. The van der Waals surface area contributed by atoms with Gasteiger partial charge in [-0.05, 0) is 12.5 Å². The van der Waals surface area contributed by atoms with E-state index >= 15 is 0 Å². The quantitative estimate of drug-likeness (QED) is 0.869. The summed E-state index contributed by atoms with van der Waals surface area (Å²) in [6.45, 7) is 1.75. The summed E-state index contributed by atoms with van der Waals surface area (Å²) < 4.78 is 37.8. The van der Waals surface area contributed by atoms with E-state index in [1.54, 1.807) is 6.92 Å². The van der Waals surface area contributed by atoms with Crippen molar-refractivity contribution in [1.82, 2.24) is 0 Å². The summed E-state index contributed by atoms with van der Waals surface area (Å²) in [7, 11) is 0. The Balaban J connectivity index is 3.01. The number of aliphatic carboxylic acids is 1. The third-order valence-corrected chi connectivity index (χ3v) is 2.25. The Labute approximate surface area is 90.7 Å². The molecule has 0 bridgehead atoms. The number of benzene rings is 1. The number of carboxylic acids is 1. The van der Waals surface area contributed by atoms with Crippen LogP contribution >= 0.6 is 0 Å². The van der Waals surface area contributed by atoms with Gasteiger partial charge >= 0.3 is 12.1 Å². The Morgan fingerprint density at radius 1 is 1.31 bits per heavy atom. The van der Waals surface area contributed by atoms with Gasteiger partial charge in [0.15, 0.2) is 0 Å². The Hall–Kier alpha value is -1.52. The first-order chi connectivity index (χ1) is 7.30. The van der Waals surface area contributed by atoms with E-state index in [1.165, 1.54) is 24.3 Å². The molecule has 0 aliphatic rings. The Morgan fingerprint density at radius 2 is 1.81 bits per heavy atom. The van der Waals surface area contributed by atoms with Crippen LogP contribution in [0.1, 0.15) is 23.5 Å². The maximum atomic E-state index is 12.6. The van der Waals surface area contributed by atoms with Crippen LogP contribution in [0.25, 0.3) is 0 Å². The van der Waals surface area contributed by atoms with Crippen molar-refractivity contribution >= 4 is 5.97 Å². The fourth-order valence-electron chi connectivity index (χ4n) is 1.40. The summed E-state index contributed by atoms with van der Waals surface area (Å²) >= 11 is 0. The number of halogens is 3. The first kappa shape index (κ1) is 12.5. The lowest BCUT2D eigenvalue weighted by atomic mass is 9.94. The van der Waals surface area contributed by atoms with Crippen molar-refractivity contribution < 1.29 is 23.1 Å². The topological polar surface area (TPSA) is 37.3 Å². The molecule has 0 heterocycles. The Bertz CT molecular complexity index is 368. The minimum Gasteiger partial charge on any atom is -0.481 e. The fraction of sp³-hybridized carbons (Fsp3) is 0.364. The highest BCUT2D eigenvalue weighted by atomic mass is 19.4. The average Bonchev–Trinajstić information content (AvgIpc) is 2.14. The largest absolute Gasteiger partial charge is 0.481 e. The molecule has 16 heavy (non-hydrogen) atoms. The van der Waals surface area contributed by atoms with Crippen molar-refractivity contribution in [1.29, 1.82) is 0 Å². The normalized spacial score (nSPS) is 13.5. The molecule has 2 nitrogen and oxygen atoms in total. The minimum atomic E-state index is -4.53. The molecule has 1 aromatic carbocycles. The van der Waals surface area contributed by atoms with E-state index in [1.807, 2.05) is 0 Å². The molecule has 88 valence electrons. The van der Waals surface area contributed by atoms with Gasteiger partial charge in [0, 0.05) is 0 Å². The van der Waals surface area contributed by atoms with Crippen LogP contribution in [0.3, 0.4) is 0 Å². The van der Waals surface area contributed by atoms with Crippen LogP contribution in [-0.4, -0.2) is 17.3 Å². The smallest absolute Gasteiger partial charge is 0.396 e. The lowest BCUT2D eigenvalue weighted by Crippen LogP contribution is -2.23. The van der Waals surface area contributed by atoms with Gasteiger partial charge in [-0.15, -0.1) is 0 Å². The zero-order chi connectivity index (χ0) is 12.3. The third kappa shape index (κ3) is 3.25. The monoisotopic (exact) mass is 232 g/mol. The van der Waals surface area contributed by atoms with Gasteiger partial charge in [0.05, 0.1) is 12.3 Å². The molecule has 1 N–H and O–H groups in total. The highest BCUT2D eigenvalue weighted by Crippen LogP contribution is 2.37. The Morgan fingerprint density at radius 3 is 2.19 bits per heavy atom. The van der Waals surface area contributed by atoms with Gasteiger partial charge in [0.1, 0.15) is 0 Å². The van der Waals surface area contributed by atoms with E-state index < -0.39 is 24.5 Å². The highest BCUT2D eigenvalue weighted by Gasteiger charge is 2.41. The molecule has 1 aromatic rings. The van der Waals surface area contributed by atoms with Crippen molar-refractivity contribution in [2.75, 3.05) is 0 Å². The second kappa shape index (κ2) is 4.55. The predicted molar refractivity (Wildman–Crippen MR) is 52.2 cm³/mol. The zero-order valence-electron chi connectivity index (χ0n) is 8.58. The molecule has 0 aromatic heterocycles. The van der Waals surface area contributed by atoms with Crippen molar-refractivity contribution in [2.45, 2.75) is 25.4 Å². The van der Waals surface area contributed by atoms with Crippen molar-refractivity contribution in [3.05, 3.63) is 35.4 Å². The van der Waals surface area contributed by atoms with E-state index in [0.717, 1.165) is 5.56 Å². The van der Waals surface area contributed by atoms with Crippen LogP contribution in [0.4, 0.5) is 13.2 Å². The van der Waals surface area contributed by atoms with Gasteiger partial charge < -0.3 is 5.11 Å². The first-order valence-corrected chi connectivity index (χ1v) is 4.66. The van der Waals surface area contributed by atoms with E-state index in [0.29, 0.717) is 0 Å². The van der Waals surface area contributed by atoms with Crippen LogP contribution in [0.15, 0.2) is 24.3 Å². The van der Waals surface area contributed by atoms with E-state index in [9.17, 15) is 18.0 Å². The average molecular weight is 232 g/mol. The van der Waals surface area contributed by atoms with Crippen LogP contribution in [0.2, 0.25) is 0 Å². The molecule has 0 aliphatic heterocycles. The second-order valence-corrected chi connectivity index (χ2v) is 3.60. The van der Waals surface area contributed by atoms with Gasteiger partial charge in [0.25, 0.3) is 0 Å². The maximum absolute atomic E-state index is 12.6. The third-order valence-electron chi connectivity index (χ3n) is 2.25. The van der Waals surface area contributed by atoms with Crippen molar-refractivity contribution in [2.24, 2.45) is 0 Å². The predicted octanol–water partition coefficient (Wildman–Crippen LogP) is 3.12. The highest BCUT2D eigenvalue weighted by molar-refractivity contribution is 5.68. The van der Waals surface area contributed by atoms with E-state index in [4.69, 9.17) is 5.11 Å². The molecule has 1 unspecified atom stereocenters. The lowest BCUT2D eigenvalue weighted by Gasteiger charge is -2.18. The number of rotatable bonds is 3. The zero-order valence-corrected chi connectivity index (χ0v) is 8.58. The summed E-state index contributed by atoms with van der Waals surface area (Å²) in [6.07, 6.45) is -5.47. The summed E-state index contributed by atoms with van der Waals surface area (Å²) in [5, 5.41) is 8.46. The summed E-state index contributed by atoms with van der Waals surface area (Å²) in [4.78, 5) is 10.4. The first-order valence-electron chi connectivity index (χ1n) is 4.66. The van der Waals surface area contributed by atoms with E-state index in [-0.39, 0.29) is 5.56 Å². The van der Waals surface area contributed by atoms with Crippen LogP contribution in [0, 0.1) is 6.92 Å². The molecular formula is C11H11F3O2. The van der Waals surface area contributed by atoms with Crippen LogP contribution in [0.5, 0.6) is 0 Å². The standard InChI is InChI=1S/C11H11F3O2/c1-7-2-4-8(5-3-7)9(6-10(15)16)11(12,13)14/h2-5,9H,6H2,1H3,(H,15,16). The fourth-order valence-corrected chi connectivity index (χ4v) is 1.40. The van der Waals surface area contributed by atoms with Gasteiger partial charge in [-0.25, -0.2) is 0 Å². The van der Waals surface area contributed by atoms with Crippen molar-refractivity contribution in [3.63, 3.8) is 0 Å². The number of carboxylic acid groups (broad SMARTS) is 1. The van der Waals surface area contributed by atoms with Crippen LogP contribution in [-0.2, 0) is 4.79 Å². The molecule has 0 fully saturated rings. The SMILES string of the molecule is Cc1ccc(C(CC(=O)O)C(F)(F)F)cc1. The lowest BCUT2D eigenvalue weighted by molar-refractivity contribution is -0.163. The maximum Gasteiger partial charge on any atom is 0.396 e. The Kier molecular flexibility index (Phi) is 3.57. The summed E-state index contributed by atoms with van der Waals surface area (Å²) in [5.41, 5.74) is 0.820. The van der Waals surface area contributed by atoms with Gasteiger partial charge in [-0.2, -0.15) is 13.2 Å². The van der Waals surface area contributed by atoms with Crippen molar-refractivity contribution in [3.8, 4) is 0 Å². The molecule has 0 amide bonds. The molecule has 0 saturated carbocycles. The number of hydrogen-bond acceptors (Lipinski definition) is 1. The summed E-state index contributed by atoms with van der Waals surface area (Å²) in [6, 6.07) is 5.71. The second-order valence-electron chi connectivity index (χ2n) is 3.60. The molecule has 0 saturated heterocycles. The number of aryl methyl sites for hydroxylation is 1. The molecule has 1 atom stereocenters. The number of hydrogen-bond donors (Lipinski definition) is 1. The molecular weight excluding hydrogens is 221 g/mol. The number of alkyl halides is 3. The molecule has 0 aliphatic carbocycles. The van der Waals surface area contributed by atoms with E-state index in [2.05, 4.69) is 0 Å². The molecule has 5 heteroatoms. The van der Waals surface area contributed by atoms with Gasteiger partial charge in [0.2, 0.25) is 0 Å². The number of carbonyl (C=O) groups is 1.